The highest BCUT2D eigenvalue weighted by Crippen LogP contribution is 2.25. The number of carbonyl (C=O) groups is 2. The Morgan fingerprint density at radius 3 is 2.56 bits per heavy atom. The zero-order valence-electron chi connectivity index (χ0n) is 21.7. The molecule has 2 atom stereocenters. The van der Waals surface area contributed by atoms with E-state index >= 15 is 0 Å². The first kappa shape index (κ1) is 28.4. The van der Waals surface area contributed by atoms with E-state index in [1.54, 1.807) is 45.1 Å². The minimum atomic E-state index is -1.20. The van der Waals surface area contributed by atoms with Crippen LogP contribution in [0.5, 0.6) is 0 Å². The van der Waals surface area contributed by atoms with E-state index in [9.17, 15) is 19.2 Å². The normalized spacial score (nSPS) is 15.2. The average molecular weight is 618 g/mol. The van der Waals surface area contributed by atoms with Crippen LogP contribution in [-0.4, -0.2) is 42.6 Å². The van der Waals surface area contributed by atoms with Crippen LogP contribution in [0, 0.1) is 6.92 Å². The van der Waals surface area contributed by atoms with Gasteiger partial charge in [-0.05, 0) is 56.7 Å². The summed E-state index contributed by atoms with van der Waals surface area (Å²) >= 11 is 4.71. The maximum atomic E-state index is 13.6. The number of anilines is 1. The van der Waals surface area contributed by atoms with Crippen LogP contribution in [0.1, 0.15) is 37.2 Å². The highest BCUT2D eigenvalue weighted by atomic mass is 79.9. The molecule has 0 radical (unpaired) electrons. The summed E-state index contributed by atoms with van der Waals surface area (Å²) < 4.78 is 9.46. The number of nitrogen functional groups attached to an aromatic ring is 1. The Morgan fingerprint density at radius 1 is 1.18 bits per heavy atom. The van der Waals surface area contributed by atoms with Crippen LogP contribution >= 0.6 is 27.7 Å². The number of pyridine rings is 1. The summed E-state index contributed by atoms with van der Waals surface area (Å²) in [5.41, 5.74) is 5.68. The molecular formula is C26H29BrN6O5S. The fourth-order valence-corrected chi connectivity index (χ4v) is 5.36. The van der Waals surface area contributed by atoms with E-state index in [4.69, 9.17) is 10.5 Å². The van der Waals surface area contributed by atoms with Crippen LogP contribution in [0.3, 0.4) is 0 Å². The highest BCUT2D eigenvalue weighted by molar-refractivity contribution is 9.10. The zero-order chi connectivity index (χ0) is 28.3. The number of nitrogens with two attached hydrogens (primary N) is 1. The number of fused-ring (bicyclic) bond motifs is 1. The number of benzene rings is 1. The molecule has 2 unspecified atom stereocenters. The number of hydrogen-bond acceptors (Lipinski definition) is 8. The van der Waals surface area contributed by atoms with Gasteiger partial charge in [-0.25, -0.2) is 33.3 Å². The first-order valence-corrected chi connectivity index (χ1v) is 14.0. The van der Waals surface area contributed by atoms with Crippen LogP contribution < -0.4 is 22.4 Å². The smallest absolute Gasteiger partial charge is 0.349 e. The number of thioether (sulfide) groups is 1. The summed E-state index contributed by atoms with van der Waals surface area (Å²) in [6.07, 6.45) is 2.76. The fraction of sp³-hybridized carbons (Fsp3) is 0.346. The second kappa shape index (κ2) is 12.1. The standard InChI is InChI=1S/C26H29BrN6O5S/c1-15(2)38-24(35)21(14-39-19-9-7-18(27)8-10-19)32-25(36)31-12-4-5-20(33(31)26(32)37)23(34)29-13-17-6-11-22(28)30-16(17)3/h4-11,15,20-21H,12-14H2,1-3H3,(H2,28,30)(H,29,34). The lowest BCUT2D eigenvalue weighted by molar-refractivity contribution is -0.150. The zero-order valence-corrected chi connectivity index (χ0v) is 24.1. The molecule has 1 amide bonds. The van der Waals surface area contributed by atoms with E-state index < -0.39 is 41.4 Å². The van der Waals surface area contributed by atoms with Crippen molar-refractivity contribution in [3.8, 4) is 0 Å². The van der Waals surface area contributed by atoms with Crippen molar-refractivity contribution in [2.24, 2.45) is 0 Å². The monoisotopic (exact) mass is 616 g/mol. The summed E-state index contributed by atoms with van der Waals surface area (Å²) in [4.78, 5) is 58.4. The first-order chi connectivity index (χ1) is 18.6. The second-order valence-electron chi connectivity index (χ2n) is 9.20. The molecule has 1 aliphatic rings. The molecule has 0 bridgehead atoms. The number of aryl methyl sites for hydroxylation is 1. The summed E-state index contributed by atoms with van der Waals surface area (Å²) in [5.74, 6) is -0.725. The van der Waals surface area contributed by atoms with Gasteiger partial charge in [0.25, 0.3) is 0 Å². The van der Waals surface area contributed by atoms with E-state index in [2.05, 4.69) is 26.2 Å². The molecule has 39 heavy (non-hydrogen) atoms. The third-order valence-corrected chi connectivity index (χ3v) is 7.66. The summed E-state index contributed by atoms with van der Waals surface area (Å²) in [7, 11) is 0. The van der Waals surface area contributed by atoms with Gasteiger partial charge >= 0.3 is 17.3 Å². The van der Waals surface area contributed by atoms with Gasteiger partial charge in [-0.2, -0.15) is 0 Å². The molecule has 3 N–H and O–H groups in total. The number of rotatable bonds is 9. The van der Waals surface area contributed by atoms with Gasteiger partial charge in [0.2, 0.25) is 5.91 Å². The molecule has 0 saturated carbocycles. The van der Waals surface area contributed by atoms with Crippen LogP contribution in [-0.2, 0) is 27.4 Å². The molecule has 206 valence electrons. The topological polar surface area (TPSA) is 143 Å². The number of allylic oxidation sites excluding steroid dienone is 1. The van der Waals surface area contributed by atoms with E-state index in [1.807, 2.05) is 24.3 Å². The van der Waals surface area contributed by atoms with E-state index in [-0.39, 0.29) is 18.8 Å². The summed E-state index contributed by atoms with van der Waals surface area (Å²) in [6, 6.07) is 8.58. The van der Waals surface area contributed by atoms with Crippen LogP contribution in [0.15, 0.2) is 67.5 Å². The van der Waals surface area contributed by atoms with E-state index in [1.165, 1.54) is 16.4 Å². The van der Waals surface area contributed by atoms with Gasteiger partial charge in [0.1, 0.15) is 11.9 Å². The van der Waals surface area contributed by atoms with Gasteiger partial charge in [0.05, 0.1) is 12.6 Å². The Kier molecular flexibility index (Phi) is 8.80. The van der Waals surface area contributed by atoms with Crippen LogP contribution in [0.25, 0.3) is 0 Å². The minimum Gasteiger partial charge on any atom is -0.461 e. The number of carbonyl (C=O) groups excluding carboxylic acids is 2. The molecule has 2 aromatic heterocycles. The van der Waals surface area contributed by atoms with Crippen LogP contribution in [0.2, 0.25) is 0 Å². The number of nitrogens with zero attached hydrogens (tertiary/aromatic N) is 4. The number of esters is 1. The third kappa shape index (κ3) is 6.36. The lowest BCUT2D eigenvalue weighted by Gasteiger charge is -2.20. The first-order valence-electron chi connectivity index (χ1n) is 12.3. The number of hydrogen-bond donors (Lipinski definition) is 2. The van der Waals surface area contributed by atoms with Crippen molar-refractivity contribution in [3.05, 3.63) is 85.2 Å². The number of aromatic nitrogens is 4. The molecule has 3 aromatic rings. The van der Waals surface area contributed by atoms with Crippen molar-refractivity contribution in [3.63, 3.8) is 0 Å². The fourth-order valence-electron chi connectivity index (χ4n) is 4.13. The van der Waals surface area contributed by atoms with Gasteiger partial charge in [0, 0.05) is 27.4 Å². The molecule has 1 aromatic carbocycles. The number of nitrogens with one attached hydrogen (secondary N) is 1. The number of ether oxygens (including phenoxy) is 1. The number of halogens is 1. The van der Waals surface area contributed by atoms with Crippen molar-refractivity contribution in [2.45, 2.75) is 56.9 Å². The summed E-state index contributed by atoms with van der Waals surface area (Å²) in [6.45, 7) is 5.41. The Bertz CT molecular complexity index is 1530. The molecule has 3 heterocycles. The molecule has 0 saturated heterocycles. The summed E-state index contributed by atoms with van der Waals surface area (Å²) in [5, 5.41) is 2.80. The van der Waals surface area contributed by atoms with E-state index in [0.717, 1.165) is 24.2 Å². The van der Waals surface area contributed by atoms with Gasteiger partial charge in [-0.1, -0.05) is 34.1 Å². The quantitative estimate of drug-likeness (QED) is 0.212. The van der Waals surface area contributed by atoms with Gasteiger partial charge < -0.3 is 15.8 Å². The van der Waals surface area contributed by atoms with Crippen molar-refractivity contribution in [1.82, 2.24) is 24.2 Å². The maximum Gasteiger partial charge on any atom is 0.349 e. The Morgan fingerprint density at radius 2 is 1.90 bits per heavy atom. The molecule has 11 nitrogen and oxygen atoms in total. The molecule has 4 rings (SSSR count). The predicted molar refractivity (Wildman–Crippen MR) is 151 cm³/mol. The molecule has 1 aliphatic heterocycles. The van der Waals surface area contributed by atoms with Crippen molar-refractivity contribution >= 4 is 45.4 Å². The van der Waals surface area contributed by atoms with Crippen LogP contribution in [0.4, 0.5) is 5.82 Å². The van der Waals surface area contributed by atoms with Gasteiger partial charge in [-0.3, -0.25) is 4.79 Å². The lowest BCUT2D eigenvalue weighted by atomic mass is 10.2. The molecule has 0 aliphatic carbocycles. The minimum absolute atomic E-state index is 0.0810. The SMILES string of the molecule is Cc1nc(N)ccc1CNC(=O)C1C=CCn2c(=O)n(C(CSc3ccc(Br)cc3)C(=O)OC(C)C)c(=O)n21. The van der Waals surface area contributed by atoms with Crippen molar-refractivity contribution < 1.29 is 14.3 Å². The Labute approximate surface area is 237 Å². The Hall–Kier alpha value is -3.58. The van der Waals surface area contributed by atoms with Crippen molar-refractivity contribution in [1.29, 1.82) is 0 Å². The highest BCUT2D eigenvalue weighted by Gasteiger charge is 2.34. The average Bonchev–Trinajstić information content (AvgIpc) is 3.14. The largest absolute Gasteiger partial charge is 0.461 e. The third-order valence-electron chi connectivity index (χ3n) is 6.04. The number of amides is 1. The predicted octanol–water partition coefficient (Wildman–Crippen LogP) is 2.57. The molecule has 0 fully saturated rings. The molecular weight excluding hydrogens is 588 g/mol. The van der Waals surface area contributed by atoms with Gasteiger partial charge in [0.15, 0.2) is 6.04 Å². The van der Waals surface area contributed by atoms with Crippen molar-refractivity contribution in [2.75, 3.05) is 11.5 Å². The molecule has 0 spiro atoms. The molecule has 13 heteroatoms. The maximum absolute atomic E-state index is 13.6. The second-order valence-corrected chi connectivity index (χ2v) is 11.2. The lowest BCUT2D eigenvalue weighted by Crippen LogP contribution is -2.42. The van der Waals surface area contributed by atoms with Gasteiger partial charge in [-0.15, -0.1) is 11.8 Å². The Balaban J connectivity index is 1.64. The van der Waals surface area contributed by atoms with E-state index in [0.29, 0.717) is 11.5 Å².